The molecule has 4 heterocycles. The molecule has 3 nitrogen and oxygen atoms in total. The van der Waals surface area contributed by atoms with Crippen LogP contribution in [0.15, 0.2) is 237 Å². The number of benzene rings is 9. The topological polar surface area (TPSA) is 22.8 Å². The first kappa shape index (κ1) is 36.8. The van der Waals surface area contributed by atoms with Crippen LogP contribution in [0, 0.1) is 0 Å². The summed E-state index contributed by atoms with van der Waals surface area (Å²) in [6.07, 6.45) is 0. The predicted octanol–water partition coefficient (Wildman–Crippen LogP) is 12.7. The van der Waals surface area contributed by atoms with Crippen LogP contribution in [-0.4, -0.2) is 22.2 Å². The Bertz CT molecular complexity index is 3620. The van der Waals surface area contributed by atoms with Crippen molar-refractivity contribution in [3.63, 3.8) is 0 Å². The molecular formula is C59H39N3SSi. The van der Waals surface area contributed by atoms with Crippen molar-refractivity contribution < 1.29 is 0 Å². The van der Waals surface area contributed by atoms with Gasteiger partial charge in [0, 0.05) is 41.7 Å². The molecule has 0 aliphatic rings. The summed E-state index contributed by atoms with van der Waals surface area (Å²) in [7, 11) is -2.85. The number of pyridine rings is 1. The van der Waals surface area contributed by atoms with Crippen LogP contribution in [-0.2, 0) is 0 Å². The highest BCUT2D eigenvalue weighted by molar-refractivity contribution is 7.26. The zero-order valence-electron chi connectivity index (χ0n) is 34.8. The third-order valence-corrected chi connectivity index (χ3v) is 19.2. The summed E-state index contributed by atoms with van der Waals surface area (Å²) in [5.41, 5.74) is 6.77. The predicted molar refractivity (Wildman–Crippen MR) is 275 cm³/mol. The van der Waals surface area contributed by atoms with E-state index in [9.17, 15) is 0 Å². The molecule has 0 aliphatic carbocycles. The van der Waals surface area contributed by atoms with Crippen LogP contribution in [0.1, 0.15) is 0 Å². The Hall–Kier alpha value is -7.83. The minimum absolute atomic E-state index is 0.879. The SMILES string of the molecule is c1ccc([Si](c2ccccc2)(c2ccc(-c3cc(-n4c5ccccc5c5ccccc54)nc(-n4c5ccccc5c5ccccc54)c3)cc2)c2ccc3sc4ccccc4c3c2)cc1. The van der Waals surface area contributed by atoms with Crippen molar-refractivity contribution in [3.05, 3.63) is 237 Å². The third kappa shape index (κ3) is 5.55. The fraction of sp³-hybridized carbons (Fsp3) is 0. The molecule has 0 spiro atoms. The molecule has 0 amide bonds. The van der Waals surface area contributed by atoms with Crippen molar-refractivity contribution >= 4 is 104 Å². The van der Waals surface area contributed by atoms with Gasteiger partial charge in [0.15, 0.2) is 8.07 Å². The number of thiophene rings is 1. The highest BCUT2D eigenvalue weighted by atomic mass is 32.1. The van der Waals surface area contributed by atoms with Crippen LogP contribution >= 0.6 is 11.3 Å². The molecule has 0 saturated heterocycles. The van der Waals surface area contributed by atoms with E-state index in [1.807, 2.05) is 11.3 Å². The first-order chi connectivity index (χ1) is 31.7. The largest absolute Gasteiger partial charge is 0.294 e. The Morgan fingerprint density at radius 2 is 0.688 bits per heavy atom. The van der Waals surface area contributed by atoms with Gasteiger partial charge in [-0.15, -0.1) is 11.3 Å². The first-order valence-electron chi connectivity index (χ1n) is 21.9. The van der Waals surface area contributed by atoms with Crippen molar-refractivity contribution in [2.75, 3.05) is 0 Å². The van der Waals surface area contributed by atoms with Crippen LogP contribution in [0.4, 0.5) is 0 Å². The molecule has 0 unspecified atom stereocenters. The van der Waals surface area contributed by atoms with Gasteiger partial charge in [-0.3, -0.25) is 9.13 Å². The maximum atomic E-state index is 5.60. The summed E-state index contributed by atoms with van der Waals surface area (Å²) >= 11 is 1.88. The smallest absolute Gasteiger partial charge is 0.179 e. The molecule has 9 aromatic carbocycles. The number of hydrogen-bond donors (Lipinski definition) is 0. The van der Waals surface area contributed by atoms with Crippen LogP contribution in [0.25, 0.3) is 86.5 Å². The van der Waals surface area contributed by atoms with Gasteiger partial charge in [-0.1, -0.05) is 188 Å². The van der Waals surface area contributed by atoms with Crippen LogP contribution < -0.4 is 20.7 Å². The van der Waals surface area contributed by atoms with E-state index in [-0.39, 0.29) is 0 Å². The van der Waals surface area contributed by atoms with Gasteiger partial charge >= 0.3 is 0 Å². The fourth-order valence-electron chi connectivity index (χ4n) is 10.5. The van der Waals surface area contributed by atoms with E-state index in [1.165, 1.54) is 62.5 Å². The van der Waals surface area contributed by atoms with Gasteiger partial charge in [0.25, 0.3) is 0 Å². The van der Waals surface area contributed by atoms with E-state index in [0.717, 1.165) is 44.8 Å². The lowest BCUT2D eigenvalue weighted by atomic mass is 10.1. The van der Waals surface area contributed by atoms with Crippen molar-refractivity contribution in [1.29, 1.82) is 0 Å². The molecule has 0 radical (unpaired) electrons. The summed E-state index contributed by atoms with van der Waals surface area (Å²) in [5.74, 6) is 1.76. The molecule has 0 bridgehead atoms. The normalized spacial score (nSPS) is 12.1. The van der Waals surface area contributed by atoms with Gasteiger partial charge < -0.3 is 0 Å². The summed E-state index contributed by atoms with van der Waals surface area (Å²) in [6.45, 7) is 0. The maximum absolute atomic E-state index is 5.60. The van der Waals surface area contributed by atoms with Crippen molar-refractivity contribution in [2.24, 2.45) is 0 Å². The number of fused-ring (bicyclic) bond motifs is 9. The highest BCUT2D eigenvalue weighted by Crippen LogP contribution is 2.37. The zero-order chi connectivity index (χ0) is 42.2. The number of rotatable bonds is 7. The van der Waals surface area contributed by atoms with Gasteiger partial charge in [-0.2, -0.15) is 0 Å². The molecule has 0 fully saturated rings. The number of hydrogen-bond acceptors (Lipinski definition) is 2. The fourth-order valence-corrected chi connectivity index (χ4v) is 16.3. The van der Waals surface area contributed by atoms with E-state index in [2.05, 4.69) is 246 Å². The molecule has 64 heavy (non-hydrogen) atoms. The Balaban J connectivity index is 1.06. The molecule has 0 saturated carbocycles. The van der Waals surface area contributed by atoms with Crippen molar-refractivity contribution in [1.82, 2.24) is 14.1 Å². The number of nitrogens with zero attached hydrogens (tertiary/aromatic N) is 3. The Kier molecular flexibility index (Phi) is 8.41. The second-order valence-corrected chi connectivity index (χ2v) is 21.6. The molecule has 300 valence electrons. The van der Waals surface area contributed by atoms with E-state index in [1.54, 1.807) is 0 Å². The first-order valence-corrected chi connectivity index (χ1v) is 24.7. The Morgan fingerprint density at radius 1 is 0.297 bits per heavy atom. The third-order valence-electron chi connectivity index (χ3n) is 13.3. The molecule has 13 rings (SSSR count). The van der Waals surface area contributed by atoms with E-state index >= 15 is 0 Å². The molecule has 4 aromatic heterocycles. The van der Waals surface area contributed by atoms with Crippen molar-refractivity contribution in [2.45, 2.75) is 0 Å². The molecule has 5 heteroatoms. The molecule has 0 N–H and O–H groups in total. The van der Waals surface area contributed by atoms with E-state index < -0.39 is 8.07 Å². The maximum Gasteiger partial charge on any atom is 0.179 e. The number of aromatic nitrogens is 3. The standard InChI is InChI=1S/C59H39N3SSi/c1-3-17-42(18-4-1)64(43-19-5-2-6-20-43,45-35-36-57-51(39-45)50-25-11-16-30-56(50)63-57)44-33-31-40(32-34-44)41-37-58(61-52-26-12-7-21-46(52)47-22-8-13-27-53(47)61)60-59(38-41)62-54-28-14-9-23-48(54)49-24-10-15-29-55(49)62/h1-39H. The quantitative estimate of drug-likeness (QED) is 0.116. The second-order valence-electron chi connectivity index (χ2n) is 16.7. The lowest BCUT2D eigenvalue weighted by Crippen LogP contribution is -2.74. The molecule has 0 aliphatic heterocycles. The van der Waals surface area contributed by atoms with Gasteiger partial charge in [-0.05, 0) is 80.4 Å². The molecule has 0 atom stereocenters. The summed E-state index contributed by atoms with van der Waals surface area (Å²) in [4.78, 5) is 5.60. The molecular weight excluding hydrogens is 811 g/mol. The molecule has 13 aromatic rings. The Labute approximate surface area is 375 Å². The van der Waals surface area contributed by atoms with Crippen molar-refractivity contribution in [3.8, 4) is 22.8 Å². The monoisotopic (exact) mass is 849 g/mol. The van der Waals surface area contributed by atoms with Gasteiger partial charge in [-0.25, -0.2) is 4.98 Å². The highest BCUT2D eigenvalue weighted by Gasteiger charge is 2.41. The summed E-state index contributed by atoms with van der Waals surface area (Å²) in [5, 5.41) is 12.9. The van der Waals surface area contributed by atoms with Gasteiger partial charge in [0.05, 0.1) is 22.1 Å². The van der Waals surface area contributed by atoms with Gasteiger partial charge in [0.1, 0.15) is 11.6 Å². The minimum atomic E-state index is -2.85. The second kappa shape index (κ2) is 14.6. The van der Waals surface area contributed by atoms with Crippen LogP contribution in [0.3, 0.4) is 0 Å². The average molecular weight is 850 g/mol. The average Bonchev–Trinajstić information content (AvgIpc) is 4.03. The summed E-state index contributed by atoms with van der Waals surface area (Å²) < 4.78 is 7.32. The van der Waals surface area contributed by atoms with Gasteiger partial charge in [0.2, 0.25) is 0 Å². The van der Waals surface area contributed by atoms with Crippen LogP contribution in [0.5, 0.6) is 0 Å². The van der Waals surface area contributed by atoms with Crippen LogP contribution in [0.2, 0.25) is 0 Å². The number of para-hydroxylation sites is 4. The summed E-state index contributed by atoms with van der Waals surface area (Å²) in [6, 6.07) is 87.5. The zero-order valence-corrected chi connectivity index (χ0v) is 36.6. The lowest BCUT2D eigenvalue weighted by molar-refractivity contribution is 1.01. The minimum Gasteiger partial charge on any atom is -0.294 e. The van der Waals surface area contributed by atoms with E-state index in [4.69, 9.17) is 4.98 Å². The van der Waals surface area contributed by atoms with E-state index in [0.29, 0.717) is 0 Å². The Morgan fingerprint density at radius 3 is 1.19 bits per heavy atom. The lowest BCUT2D eigenvalue weighted by Gasteiger charge is -2.34.